The minimum atomic E-state index is -0.915. The Labute approximate surface area is 81.0 Å². The molecule has 1 N–H and O–H groups in total. The monoisotopic (exact) mass is 218 g/mol. The highest BCUT2D eigenvalue weighted by Crippen LogP contribution is 2.37. The summed E-state index contributed by atoms with van der Waals surface area (Å²) in [4.78, 5) is 10.7. The number of thiophene rings is 2. The average molecular weight is 219 g/mol. The number of rotatable bonds is 1. The Kier molecular flexibility index (Phi) is 1.83. The van der Waals surface area contributed by atoms with Crippen LogP contribution in [0, 0.1) is 0 Å². The van der Waals surface area contributed by atoms with Gasteiger partial charge in [-0.3, -0.25) is 0 Å². The molecule has 2 aromatic heterocycles. The summed E-state index contributed by atoms with van der Waals surface area (Å²) in [5.41, 5.74) is 0.307. The van der Waals surface area contributed by atoms with Crippen LogP contribution in [0.1, 0.15) is 10.4 Å². The van der Waals surface area contributed by atoms with E-state index >= 15 is 0 Å². The van der Waals surface area contributed by atoms with E-state index < -0.39 is 5.97 Å². The molecule has 0 aromatic carbocycles. The maximum atomic E-state index is 10.7. The molecule has 62 valence electrons. The van der Waals surface area contributed by atoms with Gasteiger partial charge >= 0.3 is 5.97 Å². The minimum absolute atomic E-state index is 0.307. The predicted octanol–water partition coefficient (Wildman–Crippen LogP) is 3.31. The molecule has 0 spiro atoms. The van der Waals surface area contributed by atoms with E-state index in [4.69, 9.17) is 16.7 Å². The topological polar surface area (TPSA) is 37.3 Å². The van der Waals surface area contributed by atoms with Crippen LogP contribution in [0.2, 0.25) is 5.02 Å². The molecule has 0 saturated carbocycles. The number of carboxylic acid groups (broad SMARTS) is 1. The predicted molar refractivity (Wildman–Crippen MR) is 51.7 cm³/mol. The maximum absolute atomic E-state index is 10.7. The van der Waals surface area contributed by atoms with Gasteiger partial charge in [-0.1, -0.05) is 11.6 Å². The van der Waals surface area contributed by atoms with Crippen LogP contribution >= 0.6 is 34.3 Å². The van der Waals surface area contributed by atoms with Crippen LogP contribution in [0.15, 0.2) is 10.8 Å². The normalized spacial score (nSPS) is 10.8. The van der Waals surface area contributed by atoms with Crippen LogP contribution < -0.4 is 0 Å². The molecule has 0 amide bonds. The summed E-state index contributed by atoms with van der Waals surface area (Å²) in [5.74, 6) is -0.915. The highest BCUT2D eigenvalue weighted by atomic mass is 35.5. The summed E-state index contributed by atoms with van der Waals surface area (Å²) in [6.07, 6.45) is 0. The Balaban J connectivity index is 2.83. The van der Waals surface area contributed by atoms with Gasteiger partial charge in [0.2, 0.25) is 0 Å². The van der Waals surface area contributed by atoms with Gasteiger partial charge in [0.25, 0.3) is 0 Å². The Bertz CT molecular complexity index is 443. The van der Waals surface area contributed by atoms with Gasteiger partial charge < -0.3 is 5.11 Å². The average Bonchev–Trinajstić information content (AvgIpc) is 2.53. The van der Waals surface area contributed by atoms with Crippen LogP contribution in [0.4, 0.5) is 0 Å². The molecule has 0 bridgehead atoms. The van der Waals surface area contributed by atoms with E-state index in [0.717, 1.165) is 4.01 Å². The lowest BCUT2D eigenvalue weighted by Gasteiger charge is -1.87. The molecule has 0 atom stereocenters. The lowest BCUT2D eigenvalue weighted by molar-refractivity contribution is 0.0699. The zero-order chi connectivity index (χ0) is 8.72. The van der Waals surface area contributed by atoms with E-state index in [2.05, 4.69) is 0 Å². The van der Waals surface area contributed by atoms with E-state index in [9.17, 15) is 4.79 Å². The van der Waals surface area contributed by atoms with Crippen molar-refractivity contribution in [3.05, 3.63) is 21.3 Å². The molecule has 0 saturated heterocycles. The third kappa shape index (κ3) is 1.03. The van der Waals surface area contributed by atoms with Crippen molar-refractivity contribution in [2.45, 2.75) is 0 Å². The lowest BCUT2D eigenvalue weighted by atomic mass is 10.2. The van der Waals surface area contributed by atoms with E-state index in [1.807, 2.05) is 0 Å². The van der Waals surface area contributed by atoms with Gasteiger partial charge in [0.05, 0.1) is 14.6 Å². The number of fused-ring (bicyclic) bond motifs is 1. The SMILES string of the molecule is O=C(O)c1csc2scc(Cl)c12. The summed E-state index contributed by atoms with van der Waals surface area (Å²) in [6.45, 7) is 0. The smallest absolute Gasteiger partial charge is 0.337 e. The number of hydrogen-bond donors (Lipinski definition) is 1. The van der Waals surface area contributed by atoms with E-state index in [0.29, 0.717) is 16.0 Å². The summed E-state index contributed by atoms with van der Waals surface area (Å²) < 4.78 is 0.970. The summed E-state index contributed by atoms with van der Waals surface area (Å²) >= 11 is 8.71. The Morgan fingerprint density at radius 2 is 2.08 bits per heavy atom. The van der Waals surface area contributed by atoms with Crippen molar-refractivity contribution in [3.63, 3.8) is 0 Å². The first-order valence-corrected chi connectivity index (χ1v) is 5.21. The third-order valence-corrected chi connectivity index (χ3v) is 4.04. The van der Waals surface area contributed by atoms with Gasteiger partial charge in [-0.05, 0) is 0 Å². The van der Waals surface area contributed by atoms with Crippen molar-refractivity contribution in [2.75, 3.05) is 0 Å². The fourth-order valence-corrected chi connectivity index (χ4v) is 3.37. The second-order valence-electron chi connectivity index (χ2n) is 2.20. The van der Waals surface area contributed by atoms with Crippen molar-refractivity contribution in [3.8, 4) is 0 Å². The Morgan fingerprint density at radius 3 is 2.75 bits per heavy atom. The van der Waals surface area contributed by atoms with Crippen LogP contribution in [0.5, 0.6) is 0 Å². The molecule has 12 heavy (non-hydrogen) atoms. The summed E-state index contributed by atoms with van der Waals surface area (Å²) in [7, 11) is 0. The van der Waals surface area contributed by atoms with Crippen molar-refractivity contribution >= 4 is 49.6 Å². The van der Waals surface area contributed by atoms with E-state index in [1.54, 1.807) is 10.8 Å². The molecule has 5 heteroatoms. The first kappa shape index (κ1) is 8.04. The second-order valence-corrected chi connectivity index (χ2v) is 4.63. The zero-order valence-corrected chi connectivity index (χ0v) is 8.09. The quantitative estimate of drug-likeness (QED) is 0.798. The van der Waals surface area contributed by atoms with Gasteiger partial charge in [-0.15, -0.1) is 22.7 Å². The van der Waals surface area contributed by atoms with Gasteiger partial charge in [0.15, 0.2) is 0 Å². The fourth-order valence-electron chi connectivity index (χ4n) is 0.975. The molecule has 2 rings (SSSR count). The van der Waals surface area contributed by atoms with Gasteiger partial charge in [0.1, 0.15) is 0 Å². The molecular weight excluding hydrogens is 216 g/mol. The van der Waals surface area contributed by atoms with E-state index in [-0.39, 0.29) is 0 Å². The van der Waals surface area contributed by atoms with Gasteiger partial charge in [-0.2, -0.15) is 0 Å². The fraction of sp³-hybridized carbons (Fsp3) is 0. The highest BCUT2D eigenvalue weighted by molar-refractivity contribution is 7.37. The van der Waals surface area contributed by atoms with Crippen molar-refractivity contribution in [2.24, 2.45) is 0 Å². The third-order valence-electron chi connectivity index (χ3n) is 1.50. The maximum Gasteiger partial charge on any atom is 0.337 e. The first-order valence-electron chi connectivity index (χ1n) is 3.07. The minimum Gasteiger partial charge on any atom is -0.478 e. The van der Waals surface area contributed by atoms with Crippen molar-refractivity contribution in [1.82, 2.24) is 0 Å². The second kappa shape index (κ2) is 2.73. The Hall–Kier alpha value is -0.580. The molecule has 2 nitrogen and oxygen atoms in total. The standard InChI is InChI=1S/C7H3ClO2S2/c8-4-2-12-7-5(4)3(1-11-7)6(9)10/h1-2H,(H,9,10). The van der Waals surface area contributed by atoms with Crippen molar-refractivity contribution in [1.29, 1.82) is 0 Å². The summed E-state index contributed by atoms with van der Waals surface area (Å²) in [6, 6.07) is 0. The summed E-state index contributed by atoms with van der Waals surface area (Å²) in [5, 5.41) is 13.4. The largest absolute Gasteiger partial charge is 0.478 e. The van der Waals surface area contributed by atoms with Gasteiger partial charge in [0, 0.05) is 16.1 Å². The first-order chi connectivity index (χ1) is 5.70. The van der Waals surface area contributed by atoms with Crippen LogP contribution in [0.25, 0.3) is 9.40 Å². The van der Waals surface area contributed by atoms with Crippen LogP contribution in [-0.2, 0) is 0 Å². The number of aromatic carboxylic acids is 1. The van der Waals surface area contributed by atoms with Crippen LogP contribution in [0.3, 0.4) is 0 Å². The molecule has 2 aromatic rings. The number of carboxylic acids is 1. The molecule has 0 radical (unpaired) electrons. The Morgan fingerprint density at radius 1 is 1.42 bits per heavy atom. The lowest BCUT2D eigenvalue weighted by Crippen LogP contribution is -1.92. The zero-order valence-electron chi connectivity index (χ0n) is 5.70. The van der Waals surface area contributed by atoms with Crippen molar-refractivity contribution < 1.29 is 9.90 Å². The molecule has 2 heterocycles. The number of carbonyl (C=O) groups is 1. The molecular formula is C7H3ClO2S2. The molecule has 0 aliphatic rings. The molecule has 0 unspecified atom stereocenters. The highest BCUT2D eigenvalue weighted by Gasteiger charge is 2.14. The van der Waals surface area contributed by atoms with Crippen LogP contribution in [-0.4, -0.2) is 11.1 Å². The number of hydrogen-bond acceptors (Lipinski definition) is 3. The molecule has 0 fully saturated rings. The number of halogens is 1. The molecule has 0 aliphatic carbocycles. The molecule has 0 aliphatic heterocycles. The van der Waals surface area contributed by atoms with E-state index in [1.165, 1.54) is 22.7 Å². The van der Waals surface area contributed by atoms with Gasteiger partial charge in [-0.25, -0.2) is 4.79 Å².